The first-order chi connectivity index (χ1) is 8.38. The fraction of sp³-hybridized carbons (Fsp3) is 0.917. The van der Waals surface area contributed by atoms with Crippen molar-refractivity contribution in [3.8, 4) is 0 Å². The monoisotopic (exact) mass is 276 g/mol. The highest BCUT2D eigenvalue weighted by molar-refractivity contribution is 7.91. The van der Waals surface area contributed by atoms with Crippen LogP contribution in [0.4, 0.5) is 0 Å². The molecule has 0 aromatic carbocycles. The van der Waals surface area contributed by atoms with Gasteiger partial charge in [-0.2, -0.15) is 0 Å². The van der Waals surface area contributed by atoms with E-state index >= 15 is 0 Å². The van der Waals surface area contributed by atoms with Gasteiger partial charge in [-0.05, 0) is 31.2 Å². The van der Waals surface area contributed by atoms with Crippen molar-refractivity contribution in [2.75, 3.05) is 24.6 Å². The van der Waals surface area contributed by atoms with Crippen molar-refractivity contribution >= 4 is 15.7 Å². The highest BCUT2D eigenvalue weighted by Crippen LogP contribution is 2.24. The molecule has 1 atom stereocenters. The van der Waals surface area contributed by atoms with Gasteiger partial charge in [0.05, 0.1) is 17.4 Å². The Morgan fingerprint density at radius 1 is 1.39 bits per heavy atom. The summed E-state index contributed by atoms with van der Waals surface area (Å²) in [4.78, 5) is 11.9. The van der Waals surface area contributed by atoms with Crippen LogP contribution in [0.2, 0.25) is 0 Å². The average molecular weight is 276 g/mol. The third-order valence-electron chi connectivity index (χ3n) is 4.17. The Labute approximate surface area is 109 Å². The molecule has 0 radical (unpaired) electrons. The molecule has 0 aromatic heterocycles. The molecule has 1 saturated heterocycles. The smallest absolute Gasteiger partial charge is 0.224 e. The molecule has 3 N–H and O–H groups in total. The van der Waals surface area contributed by atoms with E-state index in [1.807, 2.05) is 0 Å². The Hall–Kier alpha value is -0.620. The number of hydrogen-bond donors (Lipinski definition) is 2. The molecule has 5 nitrogen and oxygen atoms in total. The second-order valence-corrected chi connectivity index (χ2v) is 7.46. The number of carbonyl (C=O) groups excluding carboxylic acids is 1. The molecule has 1 aliphatic rings. The first-order valence-electron chi connectivity index (χ1n) is 6.56. The van der Waals surface area contributed by atoms with Gasteiger partial charge in [-0.15, -0.1) is 0 Å². The summed E-state index contributed by atoms with van der Waals surface area (Å²) in [6.45, 7) is 5.18. The largest absolute Gasteiger partial charge is 0.355 e. The zero-order valence-electron chi connectivity index (χ0n) is 11.2. The Balaban J connectivity index is 2.51. The molecule has 0 saturated carbocycles. The zero-order valence-corrected chi connectivity index (χ0v) is 12.1. The molecule has 1 unspecified atom stereocenters. The third-order valence-corrected chi connectivity index (χ3v) is 5.94. The van der Waals surface area contributed by atoms with Crippen LogP contribution in [-0.2, 0) is 14.6 Å². The Bertz CT molecular complexity index is 380. The number of carbonyl (C=O) groups is 1. The lowest BCUT2D eigenvalue weighted by Gasteiger charge is -2.30. The van der Waals surface area contributed by atoms with Gasteiger partial charge in [-0.1, -0.05) is 13.8 Å². The van der Waals surface area contributed by atoms with Crippen LogP contribution in [-0.4, -0.2) is 38.9 Å². The van der Waals surface area contributed by atoms with Gasteiger partial charge in [0, 0.05) is 6.54 Å². The van der Waals surface area contributed by atoms with E-state index in [0.29, 0.717) is 19.5 Å². The van der Waals surface area contributed by atoms with Crippen molar-refractivity contribution < 1.29 is 13.2 Å². The van der Waals surface area contributed by atoms with E-state index in [9.17, 15) is 13.2 Å². The van der Waals surface area contributed by atoms with E-state index in [4.69, 9.17) is 5.73 Å². The Morgan fingerprint density at radius 3 is 2.39 bits per heavy atom. The highest BCUT2D eigenvalue weighted by atomic mass is 32.2. The van der Waals surface area contributed by atoms with Gasteiger partial charge < -0.3 is 11.1 Å². The Kier molecular flexibility index (Phi) is 5.16. The molecular formula is C12H24N2O3S. The summed E-state index contributed by atoms with van der Waals surface area (Å²) in [5.74, 6) is -0.392. The van der Waals surface area contributed by atoms with Crippen molar-refractivity contribution in [1.29, 1.82) is 0 Å². The maximum atomic E-state index is 11.9. The number of amides is 1. The minimum absolute atomic E-state index is 0.00723. The summed E-state index contributed by atoms with van der Waals surface area (Å²) in [5.41, 5.74) is 5.70. The first kappa shape index (κ1) is 15.4. The fourth-order valence-corrected chi connectivity index (χ4v) is 4.02. The van der Waals surface area contributed by atoms with Gasteiger partial charge in [0.25, 0.3) is 0 Å². The van der Waals surface area contributed by atoms with Crippen LogP contribution in [0.15, 0.2) is 0 Å². The number of rotatable bonds is 6. The SMILES string of the molecule is CCC(CC)(CN)CNC(=O)C1CCS(=O)(=O)C1. The molecule has 1 rings (SSSR count). The van der Waals surface area contributed by atoms with Crippen LogP contribution in [0.1, 0.15) is 33.1 Å². The van der Waals surface area contributed by atoms with Crippen LogP contribution in [0, 0.1) is 11.3 Å². The van der Waals surface area contributed by atoms with Gasteiger partial charge in [0.15, 0.2) is 9.84 Å². The second-order valence-electron chi connectivity index (χ2n) is 5.23. The molecule has 6 heteroatoms. The lowest BCUT2D eigenvalue weighted by Crippen LogP contribution is -2.43. The molecule has 0 bridgehead atoms. The van der Waals surface area contributed by atoms with E-state index < -0.39 is 9.84 Å². The lowest BCUT2D eigenvalue weighted by molar-refractivity contribution is -0.124. The number of hydrogen-bond acceptors (Lipinski definition) is 4. The van der Waals surface area contributed by atoms with E-state index in [1.54, 1.807) is 0 Å². The van der Waals surface area contributed by atoms with Gasteiger partial charge in [0.1, 0.15) is 0 Å². The predicted octanol–water partition coefficient (Wildman–Crippen LogP) is 0.302. The van der Waals surface area contributed by atoms with Crippen molar-refractivity contribution in [1.82, 2.24) is 5.32 Å². The minimum Gasteiger partial charge on any atom is -0.355 e. The van der Waals surface area contributed by atoms with Gasteiger partial charge in [0.2, 0.25) is 5.91 Å². The molecular weight excluding hydrogens is 252 g/mol. The van der Waals surface area contributed by atoms with E-state index in [1.165, 1.54) is 0 Å². The second kappa shape index (κ2) is 6.02. The third kappa shape index (κ3) is 3.68. The lowest BCUT2D eigenvalue weighted by atomic mass is 9.82. The topological polar surface area (TPSA) is 89.3 Å². The quantitative estimate of drug-likeness (QED) is 0.730. The standard InChI is InChI=1S/C12H24N2O3S/c1-3-12(4-2,8-13)9-14-11(15)10-5-6-18(16,17)7-10/h10H,3-9,13H2,1-2H3,(H,14,15). The summed E-state index contributed by atoms with van der Waals surface area (Å²) in [6, 6.07) is 0. The van der Waals surface area contributed by atoms with Gasteiger partial charge in [-0.25, -0.2) is 8.42 Å². The van der Waals surface area contributed by atoms with Crippen LogP contribution in [0.3, 0.4) is 0 Å². The summed E-state index contributed by atoms with van der Waals surface area (Å²) in [7, 11) is -3.00. The number of sulfone groups is 1. The Morgan fingerprint density at radius 2 is 2.00 bits per heavy atom. The van der Waals surface area contributed by atoms with E-state index in [0.717, 1.165) is 12.8 Å². The van der Waals surface area contributed by atoms with Crippen molar-refractivity contribution in [3.05, 3.63) is 0 Å². The maximum Gasteiger partial charge on any atom is 0.224 e. The van der Waals surface area contributed by atoms with E-state index in [-0.39, 0.29) is 28.7 Å². The summed E-state index contributed by atoms with van der Waals surface area (Å²) < 4.78 is 22.6. The molecule has 1 aliphatic heterocycles. The van der Waals surface area contributed by atoms with Gasteiger partial charge >= 0.3 is 0 Å². The zero-order chi connectivity index (χ0) is 13.8. The molecule has 106 valence electrons. The normalized spacial score (nSPS) is 22.9. The summed E-state index contributed by atoms with van der Waals surface area (Å²) in [5, 5.41) is 2.87. The summed E-state index contributed by atoms with van der Waals surface area (Å²) >= 11 is 0. The molecule has 1 fully saturated rings. The molecule has 18 heavy (non-hydrogen) atoms. The van der Waals surface area contributed by atoms with Gasteiger partial charge in [-0.3, -0.25) is 4.79 Å². The molecule has 1 heterocycles. The number of nitrogens with one attached hydrogen (secondary N) is 1. The molecule has 1 amide bonds. The van der Waals surface area contributed by atoms with Crippen molar-refractivity contribution in [2.45, 2.75) is 33.1 Å². The molecule has 0 spiro atoms. The van der Waals surface area contributed by atoms with Crippen LogP contribution < -0.4 is 11.1 Å². The summed E-state index contributed by atoms with van der Waals surface area (Å²) in [6.07, 6.45) is 2.26. The van der Waals surface area contributed by atoms with Crippen molar-refractivity contribution in [3.63, 3.8) is 0 Å². The average Bonchev–Trinajstić information content (AvgIpc) is 2.72. The van der Waals surface area contributed by atoms with Crippen molar-refractivity contribution in [2.24, 2.45) is 17.1 Å². The van der Waals surface area contributed by atoms with Crippen LogP contribution >= 0.6 is 0 Å². The predicted molar refractivity (Wildman–Crippen MR) is 71.8 cm³/mol. The highest BCUT2D eigenvalue weighted by Gasteiger charge is 2.34. The maximum absolute atomic E-state index is 11.9. The van der Waals surface area contributed by atoms with Crippen LogP contribution in [0.25, 0.3) is 0 Å². The molecule has 0 aliphatic carbocycles. The minimum atomic E-state index is -3.00. The first-order valence-corrected chi connectivity index (χ1v) is 8.38. The number of nitrogens with two attached hydrogens (primary N) is 1. The fourth-order valence-electron chi connectivity index (χ4n) is 2.28. The van der Waals surface area contributed by atoms with E-state index in [2.05, 4.69) is 19.2 Å². The molecule has 0 aromatic rings. The van der Waals surface area contributed by atoms with Crippen LogP contribution in [0.5, 0.6) is 0 Å².